The van der Waals surface area contributed by atoms with Crippen molar-refractivity contribution in [2.24, 2.45) is 16.1 Å². The molecule has 0 amide bonds. The Morgan fingerprint density at radius 2 is 1.97 bits per heavy atom. The fourth-order valence-corrected chi connectivity index (χ4v) is 3.96. The second-order valence-corrected chi connectivity index (χ2v) is 9.77. The van der Waals surface area contributed by atoms with Gasteiger partial charge < -0.3 is 25.3 Å². The number of halogens is 2. The molecule has 0 aliphatic rings. The standard InChI is InChI=1S/C27H35F2N5O2/c1-16(32-6)19(24(30)26(35)27(2,3)4)11-12-36-25-20(8-9-21(28)23(25)29)17-7-10-22-33-14-18(13-31-5)34(22)15-17/h7-10,14-15,26,31,35H,11-13,30H2,1-6H3. The summed E-state index contributed by atoms with van der Waals surface area (Å²) >= 11 is 0. The van der Waals surface area contributed by atoms with Crippen LogP contribution in [0.5, 0.6) is 5.75 Å². The SMILES string of the molecule is CN=C(C)C(CCOc1c(-c2ccc3ncc(CNC)n3c2)ccc(F)c1F)=C(N)C(O)C(C)(C)C. The number of rotatable bonds is 9. The zero-order chi connectivity index (χ0) is 26.6. The van der Waals surface area contributed by atoms with E-state index in [1.54, 1.807) is 26.2 Å². The van der Waals surface area contributed by atoms with Crippen LogP contribution in [0.4, 0.5) is 8.78 Å². The van der Waals surface area contributed by atoms with Gasteiger partial charge in [0.2, 0.25) is 5.82 Å². The van der Waals surface area contributed by atoms with Gasteiger partial charge in [0.1, 0.15) is 5.65 Å². The van der Waals surface area contributed by atoms with E-state index in [9.17, 15) is 13.9 Å². The van der Waals surface area contributed by atoms with Crippen LogP contribution in [-0.2, 0) is 6.54 Å². The van der Waals surface area contributed by atoms with Crippen LogP contribution in [0.25, 0.3) is 16.8 Å². The van der Waals surface area contributed by atoms with Gasteiger partial charge in [0.25, 0.3) is 0 Å². The van der Waals surface area contributed by atoms with E-state index in [0.717, 1.165) is 17.4 Å². The Bertz CT molecular complexity index is 1290. The van der Waals surface area contributed by atoms with Gasteiger partial charge in [-0.05, 0) is 49.2 Å². The molecule has 0 spiro atoms. The largest absolute Gasteiger partial charge is 0.489 e. The maximum atomic E-state index is 15.0. The lowest BCUT2D eigenvalue weighted by Gasteiger charge is -2.28. The van der Waals surface area contributed by atoms with Crippen LogP contribution in [-0.4, -0.2) is 47.0 Å². The van der Waals surface area contributed by atoms with E-state index in [0.29, 0.717) is 29.0 Å². The third kappa shape index (κ3) is 5.74. The highest BCUT2D eigenvalue weighted by atomic mass is 19.2. The molecule has 0 radical (unpaired) electrons. The number of ether oxygens (including phenoxy) is 1. The average molecular weight is 500 g/mol. The zero-order valence-electron chi connectivity index (χ0n) is 21.7. The molecular weight excluding hydrogens is 464 g/mol. The number of pyridine rings is 1. The van der Waals surface area contributed by atoms with E-state index < -0.39 is 23.2 Å². The molecule has 0 fully saturated rings. The number of aliphatic imine (C=N–C) groups is 1. The topological polar surface area (TPSA) is 97.2 Å². The first-order valence-corrected chi connectivity index (χ1v) is 11.8. The lowest BCUT2D eigenvalue weighted by molar-refractivity contribution is 0.0926. The Kier molecular flexibility index (Phi) is 8.47. The molecule has 0 saturated heterocycles. The lowest BCUT2D eigenvalue weighted by atomic mass is 9.85. The van der Waals surface area contributed by atoms with Gasteiger partial charge in [0.15, 0.2) is 11.6 Å². The smallest absolute Gasteiger partial charge is 0.201 e. The monoisotopic (exact) mass is 499 g/mol. The zero-order valence-corrected chi connectivity index (χ0v) is 21.7. The summed E-state index contributed by atoms with van der Waals surface area (Å²) in [6.45, 7) is 8.03. The third-order valence-electron chi connectivity index (χ3n) is 6.14. The van der Waals surface area contributed by atoms with Gasteiger partial charge in [-0.25, -0.2) is 9.37 Å². The van der Waals surface area contributed by atoms with E-state index in [4.69, 9.17) is 10.5 Å². The number of nitrogens with zero attached hydrogens (tertiary/aromatic N) is 3. The summed E-state index contributed by atoms with van der Waals surface area (Å²) < 4.78 is 36.9. The fourth-order valence-electron chi connectivity index (χ4n) is 3.96. The molecule has 4 N–H and O–H groups in total. The Morgan fingerprint density at radius 1 is 1.25 bits per heavy atom. The van der Waals surface area contributed by atoms with Crippen molar-refractivity contribution >= 4 is 11.4 Å². The molecule has 0 aliphatic carbocycles. The number of aliphatic hydroxyl groups is 1. The summed E-state index contributed by atoms with van der Waals surface area (Å²) in [4.78, 5) is 8.58. The number of nitrogens with one attached hydrogen (secondary N) is 1. The molecule has 1 aromatic carbocycles. The van der Waals surface area contributed by atoms with Crippen LogP contribution in [0.3, 0.4) is 0 Å². The predicted molar refractivity (Wildman–Crippen MR) is 139 cm³/mol. The summed E-state index contributed by atoms with van der Waals surface area (Å²) in [6.07, 6.45) is 2.94. The van der Waals surface area contributed by atoms with E-state index in [2.05, 4.69) is 15.3 Å². The second kappa shape index (κ2) is 11.2. The normalized spacial score (nSPS) is 14.2. The molecule has 3 rings (SSSR count). The molecule has 0 aliphatic heterocycles. The average Bonchev–Trinajstić information content (AvgIpc) is 3.24. The molecule has 194 valence electrons. The molecule has 7 nitrogen and oxygen atoms in total. The van der Waals surface area contributed by atoms with Crippen molar-refractivity contribution in [3.05, 3.63) is 65.3 Å². The van der Waals surface area contributed by atoms with Gasteiger partial charge in [-0.15, -0.1) is 0 Å². The van der Waals surface area contributed by atoms with Crippen molar-refractivity contribution in [1.29, 1.82) is 0 Å². The number of nitrogens with two attached hydrogens (primary N) is 1. The minimum Gasteiger partial charge on any atom is -0.489 e. The van der Waals surface area contributed by atoms with Crippen LogP contribution in [0, 0.1) is 17.0 Å². The number of benzene rings is 1. The van der Waals surface area contributed by atoms with Crippen molar-refractivity contribution in [3.8, 4) is 16.9 Å². The molecule has 9 heteroatoms. The van der Waals surface area contributed by atoms with Crippen LogP contribution in [0.1, 0.15) is 39.8 Å². The van der Waals surface area contributed by atoms with Gasteiger partial charge >= 0.3 is 0 Å². The molecule has 1 unspecified atom stereocenters. The molecule has 0 saturated carbocycles. The Hall–Kier alpha value is -3.30. The second-order valence-electron chi connectivity index (χ2n) is 9.77. The molecule has 36 heavy (non-hydrogen) atoms. The highest BCUT2D eigenvalue weighted by molar-refractivity contribution is 5.98. The van der Waals surface area contributed by atoms with E-state index in [1.165, 1.54) is 6.07 Å². The summed E-state index contributed by atoms with van der Waals surface area (Å²) in [6, 6.07) is 6.19. The predicted octanol–water partition coefficient (Wildman–Crippen LogP) is 4.48. The number of imidazole rings is 1. The number of aliphatic hydroxyl groups excluding tert-OH is 1. The molecule has 2 aromatic heterocycles. The maximum absolute atomic E-state index is 15.0. The van der Waals surface area contributed by atoms with Crippen molar-refractivity contribution < 1.29 is 18.6 Å². The minimum atomic E-state index is -1.07. The van der Waals surface area contributed by atoms with E-state index in [1.807, 2.05) is 44.5 Å². The summed E-state index contributed by atoms with van der Waals surface area (Å²) in [5.41, 5.74) is 10.1. The van der Waals surface area contributed by atoms with Crippen LogP contribution in [0.2, 0.25) is 0 Å². The highest BCUT2D eigenvalue weighted by Crippen LogP contribution is 2.35. The quantitative estimate of drug-likeness (QED) is 0.377. The number of aromatic nitrogens is 2. The van der Waals surface area contributed by atoms with Crippen LogP contribution >= 0.6 is 0 Å². The van der Waals surface area contributed by atoms with E-state index in [-0.39, 0.29) is 24.5 Å². The minimum absolute atomic E-state index is 0.00541. The van der Waals surface area contributed by atoms with Crippen molar-refractivity contribution in [2.45, 2.75) is 46.8 Å². The van der Waals surface area contributed by atoms with Crippen molar-refractivity contribution in [3.63, 3.8) is 0 Å². The number of hydrogen-bond donors (Lipinski definition) is 3. The summed E-state index contributed by atoms with van der Waals surface area (Å²) in [5.74, 6) is -2.26. The first-order chi connectivity index (χ1) is 17.0. The van der Waals surface area contributed by atoms with Crippen molar-refractivity contribution in [1.82, 2.24) is 14.7 Å². The van der Waals surface area contributed by atoms with E-state index >= 15 is 0 Å². The summed E-state index contributed by atoms with van der Waals surface area (Å²) in [5, 5.41) is 13.8. The molecule has 3 aromatic rings. The number of fused-ring (bicyclic) bond motifs is 1. The van der Waals surface area contributed by atoms with Crippen LogP contribution < -0.4 is 15.8 Å². The van der Waals surface area contributed by atoms with Gasteiger partial charge in [-0.1, -0.05) is 20.8 Å². The van der Waals surface area contributed by atoms with Gasteiger partial charge in [0, 0.05) is 48.7 Å². The molecule has 0 bridgehead atoms. The molecule has 2 heterocycles. The van der Waals surface area contributed by atoms with Crippen LogP contribution in [0.15, 0.2) is 52.9 Å². The first-order valence-electron chi connectivity index (χ1n) is 11.8. The maximum Gasteiger partial charge on any atom is 0.201 e. The fraction of sp³-hybridized carbons (Fsp3) is 0.407. The van der Waals surface area contributed by atoms with Gasteiger partial charge in [-0.3, -0.25) is 4.99 Å². The van der Waals surface area contributed by atoms with Gasteiger partial charge in [-0.2, -0.15) is 4.39 Å². The Morgan fingerprint density at radius 3 is 2.61 bits per heavy atom. The lowest BCUT2D eigenvalue weighted by Crippen LogP contribution is -2.34. The summed E-state index contributed by atoms with van der Waals surface area (Å²) in [7, 11) is 3.47. The van der Waals surface area contributed by atoms with Crippen molar-refractivity contribution in [2.75, 3.05) is 20.7 Å². The molecule has 1 atom stereocenters. The number of hydrogen-bond acceptors (Lipinski definition) is 6. The Labute approximate surface area is 210 Å². The van der Waals surface area contributed by atoms with Gasteiger partial charge in [0.05, 0.1) is 24.6 Å². The highest BCUT2D eigenvalue weighted by Gasteiger charge is 2.27. The Balaban J connectivity index is 1.96. The molecular formula is C27H35F2N5O2. The third-order valence-corrected chi connectivity index (χ3v) is 6.14. The first kappa shape index (κ1) is 27.3.